The quantitative estimate of drug-likeness (QED) is 0.342. The Balaban J connectivity index is 1.60. The summed E-state index contributed by atoms with van der Waals surface area (Å²) in [6.07, 6.45) is 18.2. The van der Waals surface area contributed by atoms with Gasteiger partial charge in [-0.05, 0) is 101 Å². The maximum atomic E-state index is 6.80. The van der Waals surface area contributed by atoms with Crippen molar-refractivity contribution < 1.29 is 9.26 Å². The first-order valence-electron chi connectivity index (χ1n) is 11.2. The lowest BCUT2D eigenvalue weighted by Gasteiger charge is -2.56. The molecule has 0 spiro atoms. The Kier molecular flexibility index (Phi) is 5.07. The Bertz CT molecular complexity index is 730. The predicted octanol–water partition coefficient (Wildman–Crippen LogP) is 5.79. The summed E-state index contributed by atoms with van der Waals surface area (Å²) in [6.45, 7) is 9.32. The minimum Gasteiger partial charge on any atom is -0.401 e. The molecule has 0 aliphatic heterocycles. The topological polar surface area (TPSA) is 30.8 Å². The molecule has 3 fully saturated rings. The van der Waals surface area contributed by atoms with Crippen molar-refractivity contribution in [3.8, 4) is 12.3 Å². The molecule has 0 aromatic heterocycles. The summed E-state index contributed by atoms with van der Waals surface area (Å²) >= 11 is 0. The highest BCUT2D eigenvalue weighted by atomic mass is 28.4. The fraction of sp³-hybridized carbons (Fsp3) is 0.792. The third-order valence-electron chi connectivity index (χ3n) is 8.36. The molecule has 4 rings (SSSR count). The van der Waals surface area contributed by atoms with Gasteiger partial charge in [-0.1, -0.05) is 23.6 Å². The number of allylic oxidation sites excluding steroid dienone is 2. The maximum Gasteiger partial charge on any atom is 0.185 e. The molecular formula is C24H37NO2Si. The summed E-state index contributed by atoms with van der Waals surface area (Å²) < 4.78 is 6.80. The van der Waals surface area contributed by atoms with Crippen LogP contribution in [0.1, 0.15) is 58.3 Å². The van der Waals surface area contributed by atoms with E-state index in [0.717, 1.165) is 36.3 Å². The van der Waals surface area contributed by atoms with E-state index in [1.165, 1.54) is 38.5 Å². The first kappa shape index (κ1) is 20.2. The molecule has 6 atom stereocenters. The van der Waals surface area contributed by atoms with E-state index in [-0.39, 0.29) is 11.0 Å². The van der Waals surface area contributed by atoms with Crippen LogP contribution in [0.4, 0.5) is 0 Å². The van der Waals surface area contributed by atoms with Crippen LogP contribution >= 0.6 is 0 Å². The number of nitrogens with zero attached hydrogens (tertiary/aromatic N) is 1. The van der Waals surface area contributed by atoms with Gasteiger partial charge in [0, 0.05) is 5.41 Å². The third kappa shape index (κ3) is 3.10. The molecule has 3 nitrogen and oxygen atoms in total. The Morgan fingerprint density at radius 3 is 2.57 bits per heavy atom. The average molecular weight is 400 g/mol. The third-order valence-corrected chi connectivity index (χ3v) is 9.32. The van der Waals surface area contributed by atoms with Gasteiger partial charge in [0.2, 0.25) is 0 Å². The zero-order valence-electron chi connectivity index (χ0n) is 18.4. The van der Waals surface area contributed by atoms with Crippen LogP contribution in [-0.2, 0) is 9.26 Å². The Hall–Kier alpha value is -1.05. The molecule has 0 N–H and O–H groups in total. The predicted molar refractivity (Wildman–Crippen MR) is 118 cm³/mol. The van der Waals surface area contributed by atoms with Gasteiger partial charge in [0.05, 0.1) is 5.71 Å². The normalized spacial score (nSPS) is 44.1. The second kappa shape index (κ2) is 7.02. The van der Waals surface area contributed by atoms with Gasteiger partial charge in [0.15, 0.2) is 8.32 Å². The van der Waals surface area contributed by atoms with Gasteiger partial charge < -0.3 is 9.26 Å². The van der Waals surface area contributed by atoms with Crippen molar-refractivity contribution >= 4 is 14.0 Å². The van der Waals surface area contributed by atoms with E-state index < -0.39 is 8.32 Å². The maximum absolute atomic E-state index is 6.80. The van der Waals surface area contributed by atoms with Crippen LogP contribution in [0, 0.1) is 41.4 Å². The van der Waals surface area contributed by atoms with E-state index in [0.29, 0.717) is 5.92 Å². The lowest BCUT2D eigenvalue weighted by molar-refractivity contribution is -0.0765. The molecule has 0 amide bonds. The number of rotatable bonds is 3. The molecular weight excluding hydrogens is 362 g/mol. The number of terminal acetylenes is 1. The number of hydrogen-bond donors (Lipinski definition) is 0. The summed E-state index contributed by atoms with van der Waals surface area (Å²) in [6, 6.07) is 0. The molecule has 4 aliphatic carbocycles. The average Bonchev–Trinajstić information content (AvgIpc) is 2.93. The highest BCUT2D eigenvalue weighted by Crippen LogP contribution is 2.66. The highest BCUT2D eigenvalue weighted by Gasteiger charge is 2.63. The molecule has 0 aromatic carbocycles. The van der Waals surface area contributed by atoms with Crippen molar-refractivity contribution in [3.63, 3.8) is 0 Å². The van der Waals surface area contributed by atoms with Crippen molar-refractivity contribution in [1.29, 1.82) is 0 Å². The molecule has 0 saturated heterocycles. The summed E-state index contributed by atoms with van der Waals surface area (Å²) in [5.41, 5.74) is 2.56. The van der Waals surface area contributed by atoms with E-state index in [9.17, 15) is 0 Å². The number of hydrogen-bond acceptors (Lipinski definition) is 3. The molecule has 0 aromatic rings. The zero-order chi connectivity index (χ0) is 20.2. The summed E-state index contributed by atoms with van der Waals surface area (Å²) in [5.74, 6) is 6.31. The lowest BCUT2D eigenvalue weighted by Crippen LogP contribution is -2.56. The number of fused-ring (bicyclic) bond motifs is 5. The highest BCUT2D eigenvalue weighted by molar-refractivity contribution is 6.69. The van der Waals surface area contributed by atoms with E-state index in [4.69, 9.17) is 15.7 Å². The van der Waals surface area contributed by atoms with Gasteiger partial charge in [0.1, 0.15) is 12.7 Å². The SMILES string of the molecule is C#C[C@@]1(O[Si](C)(C)C)CC[C@H]2[C@@H]3CCC4=C/C(=N/OC)CC[C@@H]4[C@H]3CC[C@@]21C. The molecule has 0 radical (unpaired) electrons. The molecule has 0 heterocycles. The van der Waals surface area contributed by atoms with Gasteiger partial charge in [-0.25, -0.2) is 0 Å². The molecule has 4 heteroatoms. The van der Waals surface area contributed by atoms with Crippen LogP contribution in [0.2, 0.25) is 19.6 Å². The van der Waals surface area contributed by atoms with E-state index in [2.05, 4.69) is 43.7 Å². The smallest absolute Gasteiger partial charge is 0.185 e. The van der Waals surface area contributed by atoms with Crippen LogP contribution in [0.5, 0.6) is 0 Å². The molecule has 28 heavy (non-hydrogen) atoms. The van der Waals surface area contributed by atoms with Gasteiger partial charge in [0.25, 0.3) is 0 Å². The van der Waals surface area contributed by atoms with Gasteiger partial charge >= 0.3 is 0 Å². The minimum atomic E-state index is -1.70. The minimum absolute atomic E-state index is 0.141. The zero-order valence-corrected chi connectivity index (χ0v) is 19.4. The number of oxime groups is 1. The summed E-state index contributed by atoms with van der Waals surface area (Å²) in [4.78, 5) is 5.03. The van der Waals surface area contributed by atoms with Crippen molar-refractivity contribution in [3.05, 3.63) is 11.6 Å². The standard InChI is InChI=1S/C24H37NO2Si/c1-7-24(27-28(4,5)6)15-13-22-21-10-8-17-16-18(25-26-3)9-11-19(17)20(21)12-14-23(22,24)2/h1,16,19-22H,8-15H2,2-6H3/b25-18+/t19-,20+,21+,22-,23-,24+/m0/s1. The van der Waals surface area contributed by atoms with E-state index in [1.807, 2.05) is 0 Å². The van der Waals surface area contributed by atoms with E-state index >= 15 is 0 Å². The van der Waals surface area contributed by atoms with Crippen LogP contribution in [0.3, 0.4) is 0 Å². The van der Waals surface area contributed by atoms with Crippen molar-refractivity contribution in [1.82, 2.24) is 0 Å². The molecule has 154 valence electrons. The van der Waals surface area contributed by atoms with Gasteiger partial charge in [-0.15, -0.1) is 6.42 Å². The van der Waals surface area contributed by atoms with Gasteiger partial charge in [-0.3, -0.25) is 0 Å². The molecule has 0 unspecified atom stereocenters. The van der Waals surface area contributed by atoms with Crippen LogP contribution in [0.15, 0.2) is 16.8 Å². The van der Waals surface area contributed by atoms with Crippen LogP contribution in [-0.4, -0.2) is 26.7 Å². The fourth-order valence-electron chi connectivity index (χ4n) is 7.34. The van der Waals surface area contributed by atoms with Crippen LogP contribution < -0.4 is 0 Å². The molecule has 0 bridgehead atoms. The molecule has 3 saturated carbocycles. The Labute approximate surface area is 172 Å². The second-order valence-corrected chi connectivity index (χ2v) is 15.2. The monoisotopic (exact) mass is 399 g/mol. The first-order valence-corrected chi connectivity index (χ1v) is 14.6. The van der Waals surface area contributed by atoms with Gasteiger partial charge in [-0.2, -0.15) is 0 Å². The second-order valence-electron chi connectivity index (χ2n) is 10.8. The van der Waals surface area contributed by atoms with Crippen LogP contribution in [0.25, 0.3) is 0 Å². The first-order chi connectivity index (χ1) is 13.2. The van der Waals surface area contributed by atoms with Crippen molar-refractivity contribution in [2.24, 2.45) is 34.2 Å². The fourth-order valence-corrected chi connectivity index (χ4v) is 8.78. The summed E-state index contributed by atoms with van der Waals surface area (Å²) in [7, 11) is -0.0531. The Morgan fingerprint density at radius 2 is 1.89 bits per heavy atom. The largest absolute Gasteiger partial charge is 0.401 e. The lowest BCUT2D eigenvalue weighted by atomic mass is 9.50. The van der Waals surface area contributed by atoms with Crippen molar-refractivity contribution in [2.45, 2.75) is 83.5 Å². The van der Waals surface area contributed by atoms with Crippen molar-refractivity contribution in [2.75, 3.05) is 7.11 Å². The Morgan fingerprint density at radius 1 is 1.11 bits per heavy atom. The molecule has 4 aliphatic rings. The summed E-state index contributed by atoms with van der Waals surface area (Å²) in [5, 5.41) is 4.21. The van der Waals surface area contributed by atoms with E-state index in [1.54, 1.807) is 12.7 Å².